The summed E-state index contributed by atoms with van der Waals surface area (Å²) >= 11 is 0. The Bertz CT molecular complexity index is 252. The largest absolute Gasteiger partial charge is 0.356 e. The third kappa shape index (κ3) is 2.85. The first kappa shape index (κ1) is 10.4. The molecule has 0 spiro atoms. The zero-order chi connectivity index (χ0) is 7.61. The fourth-order valence-corrected chi connectivity index (χ4v) is 1.18. The maximum absolute atomic E-state index is 10.5. The minimum atomic E-state index is -4.02. The number of hydrogen-bond donors (Lipinski definition) is 2. The molecular formula is C7H11O3P. The van der Waals surface area contributed by atoms with Crippen LogP contribution in [0.5, 0.6) is 0 Å². The van der Waals surface area contributed by atoms with E-state index in [1.807, 2.05) is 0 Å². The molecule has 0 bridgehead atoms. The SMILES string of the molecule is C.O=P(O)(O)c1ccccc1. The summed E-state index contributed by atoms with van der Waals surface area (Å²) in [5.41, 5.74) is 0. The molecule has 0 atom stereocenters. The van der Waals surface area contributed by atoms with Gasteiger partial charge in [-0.05, 0) is 12.1 Å². The van der Waals surface area contributed by atoms with E-state index in [1.165, 1.54) is 12.1 Å². The van der Waals surface area contributed by atoms with Crippen molar-refractivity contribution in [1.29, 1.82) is 0 Å². The molecule has 2 N–H and O–H groups in total. The molecule has 11 heavy (non-hydrogen) atoms. The Morgan fingerprint density at radius 1 is 1.09 bits per heavy atom. The van der Waals surface area contributed by atoms with Gasteiger partial charge in [0, 0.05) is 0 Å². The van der Waals surface area contributed by atoms with Gasteiger partial charge in [0.1, 0.15) is 0 Å². The highest BCUT2D eigenvalue weighted by molar-refractivity contribution is 7.60. The lowest BCUT2D eigenvalue weighted by molar-refractivity contribution is 0.387. The molecule has 0 fully saturated rings. The van der Waals surface area contributed by atoms with Crippen molar-refractivity contribution in [3.8, 4) is 0 Å². The molecule has 1 aromatic rings. The molecular weight excluding hydrogens is 163 g/mol. The molecule has 0 heterocycles. The van der Waals surface area contributed by atoms with Crippen LogP contribution in [-0.4, -0.2) is 9.79 Å². The molecule has 1 rings (SSSR count). The predicted molar refractivity (Wildman–Crippen MR) is 44.9 cm³/mol. The van der Waals surface area contributed by atoms with Gasteiger partial charge < -0.3 is 9.79 Å². The van der Waals surface area contributed by atoms with Crippen molar-refractivity contribution in [2.45, 2.75) is 7.43 Å². The van der Waals surface area contributed by atoms with E-state index in [1.54, 1.807) is 18.2 Å². The highest BCUT2D eigenvalue weighted by Gasteiger charge is 2.14. The summed E-state index contributed by atoms with van der Waals surface area (Å²) in [6, 6.07) is 7.70. The maximum Gasteiger partial charge on any atom is 0.356 e. The molecule has 3 nitrogen and oxygen atoms in total. The van der Waals surface area contributed by atoms with E-state index in [4.69, 9.17) is 9.79 Å². The number of benzene rings is 1. The normalized spacial score (nSPS) is 10.4. The van der Waals surface area contributed by atoms with Crippen molar-refractivity contribution in [3.05, 3.63) is 30.3 Å². The molecule has 0 amide bonds. The summed E-state index contributed by atoms with van der Waals surface area (Å²) in [4.78, 5) is 17.2. The zero-order valence-corrected chi connectivity index (χ0v) is 6.03. The van der Waals surface area contributed by atoms with Crippen molar-refractivity contribution >= 4 is 12.9 Å². The summed E-state index contributed by atoms with van der Waals surface area (Å²) in [7, 11) is -4.02. The van der Waals surface area contributed by atoms with E-state index in [9.17, 15) is 4.57 Å². The molecule has 0 unspecified atom stereocenters. The van der Waals surface area contributed by atoms with Gasteiger partial charge in [-0.3, -0.25) is 4.57 Å². The first-order chi connectivity index (χ1) is 4.61. The second kappa shape index (κ2) is 3.67. The van der Waals surface area contributed by atoms with Gasteiger partial charge in [0.05, 0.1) is 5.30 Å². The first-order valence-electron chi connectivity index (χ1n) is 2.72. The fraction of sp³-hybridized carbons (Fsp3) is 0.143. The van der Waals surface area contributed by atoms with Crippen LogP contribution >= 0.6 is 7.60 Å². The summed E-state index contributed by atoms with van der Waals surface area (Å²) in [5.74, 6) is 0. The molecule has 4 heteroatoms. The molecule has 1 aromatic carbocycles. The fourth-order valence-electron chi connectivity index (χ4n) is 0.622. The second-order valence-corrected chi connectivity index (χ2v) is 3.48. The van der Waals surface area contributed by atoms with E-state index < -0.39 is 7.60 Å². The highest BCUT2D eigenvalue weighted by Crippen LogP contribution is 2.32. The van der Waals surface area contributed by atoms with E-state index in [-0.39, 0.29) is 12.7 Å². The first-order valence-corrected chi connectivity index (χ1v) is 4.33. The molecule has 0 saturated carbocycles. The Morgan fingerprint density at radius 3 is 1.82 bits per heavy atom. The van der Waals surface area contributed by atoms with Crippen molar-refractivity contribution in [3.63, 3.8) is 0 Å². The standard InChI is InChI=1S/C6H7O3P.CH4/c7-10(8,9)6-4-2-1-3-5-6;/h1-5H,(H2,7,8,9);1H4. The van der Waals surface area contributed by atoms with Crippen LogP contribution < -0.4 is 5.30 Å². The van der Waals surface area contributed by atoms with Gasteiger partial charge in [0.2, 0.25) is 0 Å². The van der Waals surface area contributed by atoms with E-state index >= 15 is 0 Å². The predicted octanol–water partition coefficient (Wildman–Crippen LogP) is 1.13. The van der Waals surface area contributed by atoms with Gasteiger partial charge in [-0.15, -0.1) is 0 Å². The van der Waals surface area contributed by atoms with Crippen LogP contribution in [0.2, 0.25) is 0 Å². The lowest BCUT2D eigenvalue weighted by Gasteiger charge is -2.00. The topological polar surface area (TPSA) is 57.5 Å². The summed E-state index contributed by atoms with van der Waals surface area (Å²) in [5, 5.41) is 0.0648. The Hall–Kier alpha value is -0.630. The van der Waals surface area contributed by atoms with E-state index in [0.717, 1.165) is 0 Å². The molecule has 0 aliphatic heterocycles. The Labute approximate surface area is 65.9 Å². The van der Waals surface area contributed by atoms with Crippen molar-refractivity contribution in [2.75, 3.05) is 0 Å². The average Bonchev–Trinajstić information content (AvgIpc) is 1.88. The van der Waals surface area contributed by atoms with Crippen LogP contribution in [0.25, 0.3) is 0 Å². The lowest BCUT2D eigenvalue weighted by Crippen LogP contribution is -2.01. The van der Waals surface area contributed by atoms with E-state index in [0.29, 0.717) is 0 Å². The van der Waals surface area contributed by atoms with Gasteiger partial charge in [-0.1, -0.05) is 25.6 Å². The maximum atomic E-state index is 10.5. The highest BCUT2D eigenvalue weighted by atomic mass is 31.2. The van der Waals surface area contributed by atoms with Gasteiger partial charge in [-0.2, -0.15) is 0 Å². The number of hydrogen-bond acceptors (Lipinski definition) is 1. The van der Waals surface area contributed by atoms with Crippen LogP contribution in [0.1, 0.15) is 7.43 Å². The van der Waals surface area contributed by atoms with Crippen molar-refractivity contribution < 1.29 is 14.4 Å². The van der Waals surface area contributed by atoms with Gasteiger partial charge in [-0.25, -0.2) is 0 Å². The third-order valence-corrected chi connectivity index (χ3v) is 2.06. The van der Waals surface area contributed by atoms with Gasteiger partial charge in [0.25, 0.3) is 0 Å². The van der Waals surface area contributed by atoms with Crippen LogP contribution in [0.15, 0.2) is 30.3 Å². The summed E-state index contributed by atoms with van der Waals surface area (Å²) in [6.07, 6.45) is 0. The zero-order valence-electron chi connectivity index (χ0n) is 5.14. The van der Waals surface area contributed by atoms with Crippen LogP contribution in [0.4, 0.5) is 0 Å². The third-order valence-electron chi connectivity index (χ3n) is 1.09. The second-order valence-electron chi connectivity index (χ2n) is 1.88. The minimum absolute atomic E-state index is 0. The molecule has 0 radical (unpaired) electrons. The van der Waals surface area contributed by atoms with E-state index in [2.05, 4.69) is 0 Å². The van der Waals surface area contributed by atoms with Crippen LogP contribution in [0, 0.1) is 0 Å². The average molecular weight is 174 g/mol. The van der Waals surface area contributed by atoms with Crippen molar-refractivity contribution in [2.24, 2.45) is 0 Å². The molecule has 0 saturated heterocycles. The van der Waals surface area contributed by atoms with Crippen LogP contribution in [-0.2, 0) is 4.57 Å². The molecule has 0 aliphatic rings. The quantitative estimate of drug-likeness (QED) is 0.627. The summed E-state index contributed by atoms with van der Waals surface area (Å²) in [6.45, 7) is 0. The lowest BCUT2D eigenvalue weighted by atomic mass is 10.4. The Balaban J connectivity index is 0.000001000. The minimum Gasteiger partial charge on any atom is -0.321 e. The summed E-state index contributed by atoms with van der Waals surface area (Å²) < 4.78 is 10.5. The van der Waals surface area contributed by atoms with Gasteiger partial charge >= 0.3 is 7.60 Å². The molecule has 0 aliphatic carbocycles. The smallest absolute Gasteiger partial charge is 0.321 e. The monoisotopic (exact) mass is 174 g/mol. The van der Waals surface area contributed by atoms with Crippen molar-refractivity contribution in [1.82, 2.24) is 0 Å². The van der Waals surface area contributed by atoms with Crippen LogP contribution in [0.3, 0.4) is 0 Å². The molecule has 0 aromatic heterocycles. The Morgan fingerprint density at radius 2 is 1.55 bits per heavy atom. The molecule has 62 valence electrons. The number of rotatable bonds is 1. The van der Waals surface area contributed by atoms with Gasteiger partial charge in [0.15, 0.2) is 0 Å². The Kier molecular flexibility index (Phi) is 3.46.